The second kappa shape index (κ2) is 5.18. The van der Waals surface area contributed by atoms with E-state index in [1.54, 1.807) is 20.2 Å². The summed E-state index contributed by atoms with van der Waals surface area (Å²) >= 11 is 0. The van der Waals surface area contributed by atoms with E-state index in [-0.39, 0.29) is 6.09 Å². The minimum Gasteiger partial charge on any atom is -0.410 e. The van der Waals surface area contributed by atoms with Gasteiger partial charge in [0.25, 0.3) is 0 Å². The molecular weight excluding hydrogens is 240 g/mol. The molecule has 0 atom stereocenters. The second-order valence-corrected chi connectivity index (χ2v) is 4.85. The summed E-state index contributed by atoms with van der Waals surface area (Å²) in [7, 11) is 7.31. The smallest absolute Gasteiger partial charge is 0.410 e. The highest BCUT2D eigenvalue weighted by molar-refractivity contribution is 5.87. The Kier molecular flexibility index (Phi) is 3.60. The van der Waals surface area contributed by atoms with Crippen molar-refractivity contribution in [3.05, 3.63) is 36.4 Å². The molecule has 0 aliphatic heterocycles. The molecule has 1 amide bonds. The number of nitrogens with zero attached hydrogens (tertiary/aromatic N) is 2. The molecule has 100 valence electrons. The fraction of sp³-hybridized carbons (Fsp3) is 0.267. The lowest BCUT2D eigenvalue weighted by Gasteiger charge is -2.14. The molecule has 2 aromatic rings. The number of fused-ring (bicyclic) bond motifs is 1. The van der Waals surface area contributed by atoms with Crippen LogP contribution in [-0.4, -0.2) is 39.2 Å². The Morgan fingerprint density at radius 1 is 0.947 bits per heavy atom. The fourth-order valence-electron chi connectivity index (χ4n) is 1.75. The monoisotopic (exact) mass is 258 g/mol. The van der Waals surface area contributed by atoms with Crippen LogP contribution in [-0.2, 0) is 0 Å². The SMILES string of the molecule is CN(C)C(=O)Oc1ccc2ccc(N(C)C)cc2c1. The molecular formula is C15H18N2O2. The molecule has 0 bridgehead atoms. The normalized spacial score (nSPS) is 10.3. The number of carbonyl (C=O) groups excluding carboxylic acids is 1. The first kappa shape index (κ1) is 13.2. The van der Waals surface area contributed by atoms with Gasteiger partial charge in [-0.2, -0.15) is 0 Å². The first-order valence-electron chi connectivity index (χ1n) is 6.07. The largest absolute Gasteiger partial charge is 0.414 e. The third-order valence-corrected chi connectivity index (χ3v) is 2.88. The lowest BCUT2D eigenvalue weighted by molar-refractivity contribution is 0.172. The molecule has 0 aromatic heterocycles. The molecule has 4 heteroatoms. The summed E-state index contributed by atoms with van der Waals surface area (Å²) in [4.78, 5) is 15.0. The molecule has 0 fully saturated rings. The fourth-order valence-corrected chi connectivity index (χ4v) is 1.75. The van der Waals surface area contributed by atoms with Crippen molar-refractivity contribution in [2.75, 3.05) is 33.1 Å². The van der Waals surface area contributed by atoms with Gasteiger partial charge in [0.1, 0.15) is 5.75 Å². The summed E-state index contributed by atoms with van der Waals surface area (Å²) in [6.07, 6.45) is -0.372. The molecule has 0 spiro atoms. The standard InChI is InChI=1S/C15H18N2O2/c1-16(2)13-7-5-11-6-8-14(10-12(11)9-13)19-15(18)17(3)4/h5-10H,1-4H3. The molecule has 0 aliphatic carbocycles. The van der Waals surface area contributed by atoms with E-state index in [0.717, 1.165) is 16.5 Å². The Morgan fingerprint density at radius 2 is 1.63 bits per heavy atom. The first-order valence-corrected chi connectivity index (χ1v) is 6.07. The summed E-state index contributed by atoms with van der Waals surface area (Å²) < 4.78 is 5.26. The van der Waals surface area contributed by atoms with Crippen molar-refractivity contribution < 1.29 is 9.53 Å². The van der Waals surface area contributed by atoms with Gasteiger partial charge in [-0.3, -0.25) is 0 Å². The Bertz CT molecular complexity index is 606. The van der Waals surface area contributed by atoms with Gasteiger partial charge in [-0.15, -0.1) is 0 Å². The van der Waals surface area contributed by atoms with Gasteiger partial charge in [0.15, 0.2) is 0 Å². The Labute approximate surface area is 113 Å². The van der Waals surface area contributed by atoms with Crippen LogP contribution in [0.15, 0.2) is 36.4 Å². The zero-order chi connectivity index (χ0) is 14.0. The highest BCUT2D eigenvalue weighted by atomic mass is 16.6. The molecule has 2 aromatic carbocycles. The predicted octanol–water partition coefficient (Wildman–Crippen LogP) is 2.97. The number of rotatable bonds is 2. The zero-order valence-corrected chi connectivity index (χ0v) is 11.7. The van der Waals surface area contributed by atoms with Gasteiger partial charge in [-0.25, -0.2) is 4.79 Å². The maximum absolute atomic E-state index is 11.5. The van der Waals surface area contributed by atoms with Gasteiger partial charge in [-0.05, 0) is 35.0 Å². The van der Waals surface area contributed by atoms with Crippen LogP contribution in [0.4, 0.5) is 10.5 Å². The highest BCUT2D eigenvalue weighted by Crippen LogP contribution is 2.25. The van der Waals surface area contributed by atoms with Crippen molar-refractivity contribution in [3.8, 4) is 5.75 Å². The summed E-state index contributed by atoms with van der Waals surface area (Å²) in [5, 5.41) is 2.17. The topological polar surface area (TPSA) is 32.8 Å². The average molecular weight is 258 g/mol. The predicted molar refractivity (Wildman–Crippen MR) is 78.0 cm³/mol. The van der Waals surface area contributed by atoms with Gasteiger partial charge in [0, 0.05) is 33.9 Å². The Hall–Kier alpha value is -2.23. The first-order chi connectivity index (χ1) is 8.97. The molecule has 0 unspecified atom stereocenters. The van der Waals surface area contributed by atoms with Crippen LogP contribution in [0.3, 0.4) is 0 Å². The van der Waals surface area contributed by atoms with E-state index >= 15 is 0 Å². The lowest BCUT2D eigenvalue weighted by atomic mass is 10.1. The van der Waals surface area contributed by atoms with Crippen molar-refractivity contribution in [3.63, 3.8) is 0 Å². The van der Waals surface area contributed by atoms with E-state index in [2.05, 4.69) is 18.2 Å². The Morgan fingerprint density at radius 3 is 2.26 bits per heavy atom. The zero-order valence-electron chi connectivity index (χ0n) is 11.7. The number of anilines is 1. The van der Waals surface area contributed by atoms with Crippen LogP contribution in [0, 0.1) is 0 Å². The maximum Gasteiger partial charge on any atom is 0.414 e. The van der Waals surface area contributed by atoms with Gasteiger partial charge in [-0.1, -0.05) is 12.1 Å². The van der Waals surface area contributed by atoms with E-state index in [9.17, 15) is 4.79 Å². The van der Waals surface area contributed by atoms with Crippen LogP contribution in [0.1, 0.15) is 0 Å². The number of carbonyl (C=O) groups is 1. The van der Waals surface area contributed by atoms with Crippen LogP contribution in [0.2, 0.25) is 0 Å². The van der Waals surface area contributed by atoms with Crippen molar-refractivity contribution in [1.29, 1.82) is 0 Å². The van der Waals surface area contributed by atoms with Crippen LogP contribution >= 0.6 is 0 Å². The van der Waals surface area contributed by atoms with E-state index in [4.69, 9.17) is 4.74 Å². The van der Waals surface area contributed by atoms with Crippen molar-refractivity contribution in [2.24, 2.45) is 0 Å². The average Bonchev–Trinajstić information content (AvgIpc) is 2.37. The van der Waals surface area contributed by atoms with E-state index < -0.39 is 0 Å². The molecule has 0 saturated carbocycles. The third kappa shape index (κ3) is 2.96. The van der Waals surface area contributed by atoms with Gasteiger partial charge >= 0.3 is 6.09 Å². The molecule has 0 aliphatic rings. The lowest BCUT2D eigenvalue weighted by Crippen LogP contribution is -2.25. The molecule has 0 heterocycles. The molecule has 0 radical (unpaired) electrons. The minimum atomic E-state index is -0.372. The van der Waals surface area contributed by atoms with Crippen molar-refractivity contribution >= 4 is 22.6 Å². The molecule has 4 nitrogen and oxygen atoms in total. The van der Waals surface area contributed by atoms with E-state index in [0.29, 0.717) is 5.75 Å². The number of amides is 1. The van der Waals surface area contributed by atoms with Crippen LogP contribution in [0.25, 0.3) is 10.8 Å². The van der Waals surface area contributed by atoms with E-state index in [1.165, 1.54) is 4.90 Å². The number of benzene rings is 2. The van der Waals surface area contributed by atoms with Gasteiger partial charge in [0.05, 0.1) is 0 Å². The van der Waals surface area contributed by atoms with Gasteiger partial charge < -0.3 is 14.5 Å². The molecule has 19 heavy (non-hydrogen) atoms. The summed E-state index contributed by atoms with van der Waals surface area (Å²) in [6.45, 7) is 0. The minimum absolute atomic E-state index is 0.372. The molecule has 0 saturated heterocycles. The number of hydrogen-bond donors (Lipinski definition) is 0. The Balaban J connectivity index is 2.35. The summed E-state index contributed by atoms with van der Waals surface area (Å²) in [5.41, 5.74) is 1.11. The maximum atomic E-state index is 11.5. The van der Waals surface area contributed by atoms with Crippen LogP contribution in [0.5, 0.6) is 5.75 Å². The van der Waals surface area contributed by atoms with Crippen molar-refractivity contribution in [2.45, 2.75) is 0 Å². The number of ether oxygens (including phenoxy) is 1. The van der Waals surface area contributed by atoms with Crippen LogP contribution < -0.4 is 9.64 Å². The molecule has 2 rings (SSSR count). The quantitative estimate of drug-likeness (QED) is 0.830. The summed E-state index contributed by atoms with van der Waals surface area (Å²) in [6, 6.07) is 11.8. The second-order valence-electron chi connectivity index (χ2n) is 4.85. The third-order valence-electron chi connectivity index (χ3n) is 2.88. The summed E-state index contributed by atoms with van der Waals surface area (Å²) in [5.74, 6) is 0.558. The van der Waals surface area contributed by atoms with E-state index in [1.807, 2.05) is 31.1 Å². The van der Waals surface area contributed by atoms with Crippen molar-refractivity contribution in [1.82, 2.24) is 4.90 Å². The number of hydrogen-bond acceptors (Lipinski definition) is 3. The highest BCUT2D eigenvalue weighted by Gasteiger charge is 2.07. The molecule has 0 N–H and O–H groups in total. The van der Waals surface area contributed by atoms with Gasteiger partial charge in [0.2, 0.25) is 0 Å².